The van der Waals surface area contributed by atoms with E-state index in [1.165, 1.54) is 0 Å². The molecule has 4 nitrogen and oxygen atoms in total. The Kier molecular flexibility index (Phi) is 4.14. The van der Waals surface area contributed by atoms with Crippen LogP contribution in [-0.4, -0.2) is 22.2 Å². The van der Waals surface area contributed by atoms with Crippen LogP contribution in [0.25, 0.3) is 10.8 Å². The minimum atomic E-state index is -0.795. The molecule has 1 aromatic carbocycles. The Morgan fingerprint density at radius 2 is 2.05 bits per heavy atom. The summed E-state index contributed by atoms with van der Waals surface area (Å²) in [5.74, 6) is 1.06. The molecule has 0 spiro atoms. The predicted molar refractivity (Wildman–Crippen MR) is 83.1 cm³/mol. The van der Waals surface area contributed by atoms with Gasteiger partial charge >= 0.3 is 0 Å². The Morgan fingerprint density at radius 3 is 2.75 bits per heavy atom. The van der Waals surface area contributed by atoms with Gasteiger partial charge in [-0.3, -0.25) is 4.79 Å². The van der Waals surface area contributed by atoms with Crippen LogP contribution >= 0.6 is 0 Å². The van der Waals surface area contributed by atoms with Crippen LogP contribution in [0, 0.1) is 5.92 Å². The van der Waals surface area contributed by atoms with Gasteiger partial charge in [0, 0.05) is 11.9 Å². The lowest BCUT2D eigenvalue weighted by molar-refractivity contribution is 0.0515. The summed E-state index contributed by atoms with van der Waals surface area (Å²) in [6, 6.07) is 9.34. The summed E-state index contributed by atoms with van der Waals surface area (Å²) in [6.07, 6.45) is 0.706. The zero-order chi connectivity index (χ0) is 14.8. The molecule has 1 heterocycles. The molecule has 1 aromatic heterocycles. The highest BCUT2D eigenvalue weighted by Gasteiger charge is 2.21. The Balaban J connectivity index is 2.16. The van der Waals surface area contributed by atoms with E-state index in [9.17, 15) is 9.90 Å². The van der Waals surface area contributed by atoms with Crippen molar-refractivity contribution in [2.24, 2.45) is 5.92 Å². The van der Waals surface area contributed by atoms with Crippen LogP contribution in [0.1, 0.15) is 27.2 Å². The summed E-state index contributed by atoms with van der Waals surface area (Å²) in [5.41, 5.74) is -0.912. The number of hydrogen-bond donors (Lipinski definition) is 3. The fourth-order valence-corrected chi connectivity index (χ4v) is 2.54. The van der Waals surface area contributed by atoms with E-state index in [0.717, 1.165) is 5.39 Å². The van der Waals surface area contributed by atoms with Gasteiger partial charge in [0.1, 0.15) is 5.82 Å². The summed E-state index contributed by atoms with van der Waals surface area (Å²) in [4.78, 5) is 14.7. The molecule has 20 heavy (non-hydrogen) atoms. The quantitative estimate of drug-likeness (QED) is 0.785. The second-order valence-electron chi connectivity index (χ2n) is 6.05. The first kappa shape index (κ1) is 14.6. The van der Waals surface area contributed by atoms with E-state index >= 15 is 0 Å². The van der Waals surface area contributed by atoms with Gasteiger partial charge in [-0.1, -0.05) is 32.0 Å². The van der Waals surface area contributed by atoms with E-state index in [0.29, 0.717) is 30.1 Å². The highest BCUT2D eigenvalue weighted by molar-refractivity contribution is 5.83. The second-order valence-corrected chi connectivity index (χ2v) is 6.05. The number of benzene rings is 1. The molecule has 2 rings (SSSR count). The molecule has 0 aliphatic rings. The van der Waals surface area contributed by atoms with E-state index in [1.807, 2.05) is 24.3 Å². The molecule has 4 heteroatoms. The molecule has 1 unspecified atom stereocenters. The van der Waals surface area contributed by atoms with Gasteiger partial charge in [0.05, 0.1) is 5.60 Å². The molecule has 0 saturated heterocycles. The third kappa shape index (κ3) is 3.61. The Labute approximate surface area is 118 Å². The minimum absolute atomic E-state index is 0.117. The van der Waals surface area contributed by atoms with Crippen LogP contribution in [0.3, 0.4) is 0 Å². The zero-order valence-electron chi connectivity index (χ0n) is 12.2. The molecular formula is C16H22N2O2. The van der Waals surface area contributed by atoms with Crippen LogP contribution in [0.5, 0.6) is 0 Å². The monoisotopic (exact) mass is 274 g/mol. The molecule has 0 amide bonds. The lowest BCUT2D eigenvalue weighted by Gasteiger charge is -2.26. The number of fused-ring (bicyclic) bond motifs is 1. The third-order valence-electron chi connectivity index (χ3n) is 3.26. The molecule has 3 N–H and O–H groups in total. The van der Waals surface area contributed by atoms with Crippen LogP contribution < -0.4 is 10.9 Å². The van der Waals surface area contributed by atoms with Gasteiger partial charge in [-0.15, -0.1) is 0 Å². The van der Waals surface area contributed by atoms with Gasteiger partial charge in [-0.25, -0.2) is 0 Å². The van der Waals surface area contributed by atoms with Crippen molar-refractivity contribution in [3.8, 4) is 0 Å². The molecule has 0 radical (unpaired) electrons. The van der Waals surface area contributed by atoms with Gasteiger partial charge in [0.2, 0.25) is 0 Å². The summed E-state index contributed by atoms with van der Waals surface area (Å²) >= 11 is 0. The number of aliphatic hydroxyl groups is 1. The van der Waals surface area contributed by atoms with Crippen molar-refractivity contribution in [1.29, 1.82) is 0 Å². The van der Waals surface area contributed by atoms with Gasteiger partial charge in [-0.05, 0) is 36.8 Å². The van der Waals surface area contributed by atoms with Gasteiger partial charge in [-0.2, -0.15) is 0 Å². The second kappa shape index (κ2) is 5.67. The van der Waals surface area contributed by atoms with Crippen molar-refractivity contribution in [2.45, 2.75) is 32.8 Å². The van der Waals surface area contributed by atoms with E-state index < -0.39 is 5.60 Å². The third-order valence-corrected chi connectivity index (χ3v) is 3.26. The van der Waals surface area contributed by atoms with Gasteiger partial charge < -0.3 is 15.4 Å². The van der Waals surface area contributed by atoms with Crippen LogP contribution in [0.2, 0.25) is 0 Å². The molecule has 0 aliphatic heterocycles. The number of anilines is 1. The van der Waals surface area contributed by atoms with Crippen molar-refractivity contribution in [2.75, 3.05) is 11.9 Å². The average Bonchev–Trinajstić information content (AvgIpc) is 2.35. The van der Waals surface area contributed by atoms with Crippen molar-refractivity contribution in [3.63, 3.8) is 0 Å². The lowest BCUT2D eigenvalue weighted by Crippen LogP contribution is -2.35. The van der Waals surface area contributed by atoms with E-state index in [4.69, 9.17) is 0 Å². The lowest BCUT2D eigenvalue weighted by atomic mass is 9.94. The molecule has 0 aliphatic carbocycles. The molecule has 1 atom stereocenters. The maximum absolute atomic E-state index is 11.9. The molecule has 2 aromatic rings. The Morgan fingerprint density at radius 1 is 1.35 bits per heavy atom. The Hall–Kier alpha value is -1.81. The number of pyridine rings is 1. The SMILES string of the molecule is CC(C)CC(C)(O)CNc1cc2ccccc2c(=O)[nH]1. The van der Waals surface area contributed by atoms with Gasteiger partial charge in [0.25, 0.3) is 5.56 Å². The predicted octanol–water partition coefficient (Wildman–Crippen LogP) is 2.74. The first-order valence-electron chi connectivity index (χ1n) is 6.96. The largest absolute Gasteiger partial charge is 0.388 e. The zero-order valence-corrected chi connectivity index (χ0v) is 12.2. The highest BCUT2D eigenvalue weighted by Crippen LogP contribution is 2.18. The number of aromatic amines is 1. The molecular weight excluding hydrogens is 252 g/mol. The smallest absolute Gasteiger partial charge is 0.257 e. The minimum Gasteiger partial charge on any atom is -0.388 e. The summed E-state index contributed by atoms with van der Waals surface area (Å²) in [5, 5.41) is 15.0. The van der Waals surface area contributed by atoms with E-state index in [2.05, 4.69) is 24.1 Å². The average molecular weight is 274 g/mol. The number of nitrogens with one attached hydrogen (secondary N) is 2. The van der Waals surface area contributed by atoms with Crippen molar-refractivity contribution >= 4 is 16.6 Å². The Bertz CT molecular complexity index is 644. The molecule has 0 fully saturated rings. The van der Waals surface area contributed by atoms with Crippen LogP contribution in [0.4, 0.5) is 5.82 Å². The first-order valence-corrected chi connectivity index (χ1v) is 6.96. The van der Waals surface area contributed by atoms with Gasteiger partial charge in [0.15, 0.2) is 0 Å². The topological polar surface area (TPSA) is 65.1 Å². The molecule has 0 bridgehead atoms. The number of hydrogen-bond acceptors (Lipinski definition) is 3. The summed E-state index contributed by atoms with van der Waals surface area (Å²) < 4.78 is 0. The van der Waals surface area contributed by atoms with Crippen molar-refractivity contribution in [1.82, 2.24) is 4.98 Å². The fourth-order valence-electron chi connectivity index (χ4n) is 2.54. The number of H-pyrrole nitrogens is 1. The molecule has 0 saturated carbocycles. The maximum Gasteiger partial charge on any atom is 0.257 e. The van der Waals surface area contributed by atoms with Crippen LogP contribution in [0.15, 0.2) is 35.1 Å². The fraction of sp³-hybridized carbons (Fsp3) is 0.438. The highest BCUT2D eigenvalue weighted by atomic mass is 16.3. The number of aromatic nitrogens is 1. The normalized spacial score (nSPS) is 14.4. The standard InChI is InChI=1S/C16H22N2O2/c1-11(2)9-16(3,20)10-17-14-8-12-6-4-5-7-13(12)15(19)18-14/h4-8,11,20H,9-10H2,1-3H3,(H2,17,18,19). The van der Waals surface area contributed by atoms with E-state index in [1.54, 1.807) is 13.0 Å². The summed E-state index contributed by atoms with van der Waals surface area (Å²) in [6.45, 7) is 6.36. The first-order chi connectivity index (χ1) is 9.37. The number of rotatable bonds is 5. The van der Waals surface area contributed by atoms with Crippen molar-refractivity contribution in [3.05, 3.63) is 40.7 Å². The summed E-state index contributed by atoms with van der Waals surface area (Å²) in [7, 11) is 0. The van der Waals surface area contributed by atoms with Crippen LogP contribution in [-0.2, 0) is 0 Å². The molecule has 108 valence electrons. The van der Waals surface area contributed by atoms with E-state index in [-0.39, 0.29) is 5.56 Å². The van der Waals surface area contributed by atoms with Crippen molar-refractivity contribution < 1.29 is 5.11 Å². The maximum atomic E-state index is 11.9.